The van der Waals surface area contributed by atoms with E-state index in [0.29, 0.717) is 36.5 Å². The summed E-state index contributed by atoms with van der Waals surface area (Å²) < 4.78 is 7.66. The third-order valence-corrected chi connectivity index (χ3v) is 3.13. The van der Waals surface area contributed by atoms with Crippen molar-refractivity contribution in [2.75, 3.05) is 19.1 Å². The van der Waals surface area contributed by atoms with Gasteiger partial charge in [-0.25, -0.2) is 4.98 Å². The number of ether oxygens (including phenoxy) is 1. The van der Waals surface area contributed by atoms with Crippen LogP contribution in [0.15, 0.2) is 33.8 Å². The summed E-state index contributed by atoms with van der Waals surface area (Å²) in [5, 5.41) is 0.601. The van der Waals surface area contributed by atoms with Crippen LogP contribution in [0.4, 0.5) is 0 Å². The van der Waals surface area contributed by atoms with Gasteiger partial charge in [0.1, 0.15) is 0 Å². The van der Waals surface area contributed by atoms with E-state index < -0.39 is 0 Å². The van der Waals surface area contributed by atoms with Gasteiger partial charge in [-0.2, -0.15) is 0 Å². The molecular formula is C12H12BrClN2O2. The van der Waals surface area contributed by atoms with E-state index >= 15 is 0 Å². The van der Waals surface area contributed by atoms with Gasteiger partial charge in [-0.05, 0) is 18.2 Å². The fourth-order valence-electron chi connectivity index (χ4n) is 1.61. The second-order valence-corrected chi connectivity index (χ2v) is 5.00. The molecule has 1 heterocycles. The number of fused-ring (bicyclic) bond motifs is 1. The molecule has 0 aliphatic carbocycles. The molecule has 0 saturated heterocycles. The smallest absolute Gasteiger partial charge is 0.261 e. The molecule has 0 radical (unpaired) electrons. The molecule has 0 N–H and O–H groups in total. The SMILES string of the molecule is O=c1c2cc(Br)ccc2ncn1CCOCCCl. The molecule has 1 aromatic heterocycles. The average molecular weight is 332 g/mol. The van der Waals surface area contributed by atoms with Gasteiger partial charge >= 0.3 is 0 Å². The summed E-state index contributed by atoms with van der Waals surface area (Å²) >= 11 is 8.85. The van der Waals surface area contributed by atoms with Gasteiger partial charge < -0.3 is 4.74 Å². The molecule has 6 heteroatoms. The van der Waals surface area contributed by atoms with Crippen molar-refractivity contribution >= 4 is 38.4 Å². The Morgan fingerprint density at radius 2 is 2.22 bits per heavy atom. The van der Waals surface area contributed by atoms with Gasteiger partial charge in [0, 0.05) is 10.4 Å². The first-order chi connectivity index (χ1) is 8.72. The molecule has 0 spiro atoms. The van der Waals surface area contributed by atoms with E-state index in [2.05, 4.69) is 20.9 Å². The molecular weight excluding hydrogens is 320 g/mol. The molecule has 96 valence electrons. The Balaban J connectivity index is 2.24. The molecule has 0 unspecified atom stereocenters. The van der Waals surface area contributed by atoms with Crippen LogP contribution in [-0.2, 0) is 11.3 Å². The van der Waals surface area contributed by atoms with E-state index in [4.69, 9.17) is 16.3 Å². The molecule has 2 rings (SSSR count). The number of rotatable bonds is 5. The normalized spacial score (nSPS) is 11.0. The van der Waals surface area contributed by atoms with Crippen LogP contribution in [-0.4, -0.2) is 28.6 Å². The topological polar surface area (TPSA) is 44.1 Å². The summed E-state index contributed by atoms with van der Waals surface area (Å²) in [6.07, 6.45) is 1.54. The lowest BCUT2D eigenvalue weighted by atomic mass is 10.2. The van der Waals surface area contributed by atoms with Crippen LogP contribution < -0.4 is 5.56 Å². The maximum atomic E-state index is 12.2. The molecule has 0 aliphatic rings. The van der Waals surface area contributed by atoms with Crippen LogP contribution in [0.1, 0.15) is 0 Å². The van der Waals surface area contributed by atoms with Crippen LogP contribution in [0.5, 0.6) is 0 Å². The lowest BCUT2D eigenvalue weighted by molar-refractivity contribution is 0.140. The average Bonchev–Trinajstić information content (AvgIpc) is 2.38. The zero-order valence-electron chi connectivity index (χ0n) is 9.60. The minimum absolute atomic E-state index is 0.0595. The highest BCUT2D eigenvalue weighted by molar-refractivity contribution is 9.10. The quantitative estimate of drug-likeness (QED) is 0.624. The first kappa shape index (κ1) is 13.5. The van der Waals surface area contributed by atoms with Crippen LogP contribution in [0.25, 0.3) is 10.9 Å². The van der Waals surface area contributed by atoms with Crippen molar-refractivity contribution in [1.29, 1.82) is 0 Å². The third kappa shape index (κ3) is 3.10. The number of hydrogen-bond donors (Lipinski definition) is 0. The predicted molar refractivity (Wildman–Crippen MR) is 75.2 cm³/mol. The van der Waals surface area contributed by atoms with Gasteiger partial charge in [-0.15, -0.1) is 11.6 Å². The van der Waals surface area contributed by atoms with Gasteiger partial charge in [0.25, 0.3) is 5.56 Å². The molecule has 0 aliphatic heterocycles. The number of benzene rings is 1. The molecule has 1 aromatic carbocycles. The number of alkyl halides is 1. The maximum Gasteiger partial charge on any atom is 0.261 e. The Bertz CT molecular complexity index is 600. The van der Waals surface area contributed by atoms with Crippen molar-refractivity contribution in [2.45, 2.75) is 6.54 Å². The molecule has 18 heavy (non-hydrogen) atoms. The number of aromatic nitrogens is 2. The summed E-state index contributed by atoms with van der Waals surface area (Å²) in [4.78, 5) is 16.4. The summed E-state index contributed by atoms with van der Waals surface area (Å²) in [5.74, 6) is 0.456. The number of halogens is 2. The van der Waals surface area contributed by atoms with Gasteiger partial charge in [0.15, 0.2) is 0 Å². The number of hydrogen-bond acceptors (Lipinski definition) is 3. The Morgan fingerprint density at radius 1 is 1.39 bits per heavy atom. The van der Waals surface area contributed by atoms with Crippen LogP contribution in [0.3, 0.4) is 0 Å². The monoisotopic (exact) mass is 330 g/mol. The summed E-state index contributed by atoms with van der Waals surface area (Å²) in [6.45, 7) is 1.42. The largest absolute Gasteiger partial charge is 0.378 e. The lowest BCUT2D eigenvalue weighted by Gasteiger charge is -2.07. The zero-order valence-corrected chi connectivity index (χ0v) is 11.9. The Kier molecular flexibility index (Phi) is 4.74. The maximum absolute atomic E-state index is 12.2. The lowest BCUT2D eigenvalue weighted by Crippen LogP contribution is -2.23. The Morgan fingerprint density at radius 3 is 3.00 bits per heavy atom. The zero-order chi connectivity index (χ0) is 13.0. The molecule has 0 fully saturated rings. The minimum Gasteiger partial charge on any atom is -0.378 e. The minimum atomic E-state index is -0.0595. The van der Waals surface area contributed by atoms with Crippen molar-refractivity contribution in [3.63, 3.8) is 0 Å². The van der Waals surface area contributed by atoms with E-state index in [1.54, 1.807) is 17.0 Å². The van der Waals surface area contributed by atoms with Gasteiger partial charge in [0.2, 0.25) is 0 Å². The molecule has 0 amide bonds. The van der Waals surface area contributed by atoms with E-state index in [0.717, 1.165) is 4.47 Å². The molecule has 0 bridgehead atoms. The van der Waals surface area contributed by atoms with Crippen molar-refractivity contribution in [1.82, 2.24) is 9.55 Å². The highest BCUT2D eigenvalue weighted by Crippen LogP contribution is 2.14. The third-order valence-electron chi connectivity index (χ3n) is 2.48. The van der Waals surface area contributed by atoms with Crippen molar-refractivity contribution in [3.8, 4) is 0 Å². The van der Waals surface area contributed by atoms with Gasteiger partial charge in [-0.1, -0.05) is 15.9 Å². The second-order valence-electron chi connectivity index (χ2n) is 3.71. The molecule has 4 nitrogen and oxygen atoms in total. The fraction of sp³-hybridized carbons (Fsp3) is 0.333. The van der Waals surface area contributed by atoms with E-state index in [9.17, 15) is 4.79 Å². The number of nitrogens with zero attached hydrogens (tertiary/aromatic N) is 2. The molecule has 0 atom stereocenters. The van der Waals surface area contributed by atoms with Crippen molar-refractivity contribution in [3.05, 3.63) is 39.4 Å². The molecule has 2 aromatic rings. The van der Waals surface area contributed by atoms with Gasteiger partial charge in [0.05, 0.1) is 37.0 Å². The standard InChI is InChI=1S/C12H12BrClN2O2/c13-9-1-2-11-10(7-9)12(17)16(8-15-11)4-6-18-5-3-14/h1-2,7-8H,3-6H2. The van der Waals surface area contributed by atoms with Gasteiger partial charge in [-0.3, -0.25) is 9.36 Å². The first-order valence-corrected chi connectivity index (χ1v) is 6.83. The Labute approximate surface area is 118 Å². The Hall–Kier alpha value is -0.910. The summed E-state index contributed by atoms with van der Waals surface area (Å²) in [7, 11) is 0. The first-order valence-electron chi connectivity index (χ1n) is 5.51. The molecule has 0 saturated carbocycles. The van der Waals surface area contributed by atoms with Crippen molar-refractivity contribution < 1.29 is 4.74 Å². The fourth-order valence-corrected chi connectivity index (χ4v) is 2.08. The predicted octanol–water partition coefficient (Wildman–Crippen LogP) is 2.41. The van der Waals surface area contributed by atoms with Crippen LogP contribution >= 0.6 is 27.5 Å². The van der Waals surface area contributed by atoms with Crippen LogP contribution in [0.2, 0.25) is 0 Å². The summed E-state index contributed by atoms with van der Waals surface area (Å²) in [5.41, 5.74) is 0.636. The van der Waals surface area contributed by atoms with E-state index in [1.807, 2.05) is 12.1 Å². The summed E-state index contributed by atoms with van der Waals surface area (Å²) in [6, 6.07) is 5.46. The van der Waals surface area contributed by atoms with Crippen molar-refractivity contribution in [2.24, 2.45) is 0 Å². The van der Waals surface area contributed by atoms with Crippen LogP contribution in [0, 0.1) is 0 Å². The highest BCUT2D eigenvalue weighted by Gasteiger charge is 2.04. The second kappa shape index (κ2) is 6.31. The highest BCUT2D eigenvalue weighted by atomic mass is 79.9. The van der Waals surface area contributed by atoms with E-state index in [1.165, 1.54) is 0 Å². The van der Waals surface area contributed by atoms with E-state index in [-0.39, 0.29) is 5.56 Å².